The predicted octanol–water partition coefficient (Wildman–Crippen LogP) is 1.68. The summed E-state index contributed by atoms with van der Waals surface area (Å²) in [6, 6.07) is 6.12. The van der Waals surface area contributed by atoms with Crippen molar-refractivity contribution in [1.29, 1.82) is 0 Å². The lowest BCUT2D eigenvalue weighted by atomic mass is 10.1. The van der Waals surface area contributed by atoms with Crippen molar-refractivity contribution < 1.29 is 9.53 Å². The van der Waals surface area contributed by atoms with Crippen molar-refractivity contribution in [3.63, 3.8) is 0 Å². The maximum atomic E-state index is 12.5. The minimum absolute atomic E-state index is 0.00967. The van der Waals surface area contributed by atoms with E-state index >= 15 is 0 Å². The van der Waals surface area contributed by atoms with Gasteiger partial charge in [-0.15, -0.1) is 0 Å². The number of ether oxygens (including phenoxy) is 1. The standard InChI is InChI=1S/C15H20N2O2/c1-3-16-7-4-8-17-13-6-5-12(19-2)9-11(13)10-14(17)15(16)18/h5-6,9,14H,3-4,7-8,10H2,1-2H3. The van der Waals surface area contributed by atoms with E-state index in [2.05, 4.69) is 24.0 Å². The van der Waals surface area contributed by atoms with Gasteiger partial charge in [-0.1, -0.05) is 0 Å². The molecule has 1 saturated heterocycles. The number of hydrogen-bond acceptors (Lipinski definition) is 3. The van der Waals surface area contributed by atoms with E-state index in [0.717, 1.165) is 38.2 Å². The number of methoxy groups -OCH3 is 1. The highest BCUT2D eigenvalue weighted by Crippen LogP contribution is 2.36. The van der Waals surface area contributed by atoms with Gasteiger partial charge in [-0.25, -0.2) is 0 Å². The molecule has 0 N–H and O–H groups in total. The fourth-order valence-corrected chi connectivity index (χ4v) is 3.18. The van der Waals surface area contributed by atoms with Gasteiger partial charge in [0.2, 0.25) is 5.91 Å². The summed E-state index contributed by atoms with van der Waals surface area (Å²) >= 11 is 0. The molecule has 1 aromatic carbocycles. The first kappa shape index (κ1) is 12.3. The number of amides is 1. The van der Waals surface area contributed by atoms with Crippen LogP contribution in [0.2, 0.25) is 0 Å². The third-order valence-corrected chi connectivity index (χ3v) is 4.19. The van der Waals surface area contributed by atoms with Crippen LogP contribution in [0.1, 0.15) is 18.9 Å². The Morgan fingerprint density at radius 3 is 2.95 bits per heavy atom. The zero-order valence-corrected chi connectivity index (χ0v) is 11.6. The summed E-state index contributed by atoms with van der Waals surface area (Å²) in [7, 11) is 1.68. The van der Waals surface area contributed by atoms with Gasteiger partial charge in [-0.2, -0.15) is 0 Å². The molecular formula is C15H20N2O2. The monoisotopic (exact) mass is 260 g/mol. The Balaban J connectivity index is 1.94. The van der Waals surface area contributed by atoms with Crippen molar-refractivity contribution in [2.24, 2.45) is 0 Å². The molecule has 0 radical (unpaired) electrons. The maximum Gasteiger partial charge on any atom is 0.245 e. The van der Waals surface area contributed by atoms with E-state index < -0.39 is 0 Å². The summed E-state index contributed by atoms with van der Waals surface area (Å²) < 4.78 is 5.27. The van der Waals surface area contributed by atoms with E-state index in [-0.39, 0.29) is 11.9 Å². The van der Waals surface area contributed by atoms with Gasteiger partial charge in [0.25, 0.3) is 0 Å². The molecule has 2 heterocycles. The Hall–Kier alpha value is -1.71. The second kappa shape index (κ2) is 4.76. The maximum absolute atomic E-state index is 12.5. The van der Waals surface area contributed by atoms with E-state index in [1.165, 1.54) is 11.3 Å². The molecule has 0 aromatic heterocycles. The first-order valence-corrected chi connectivity index (χ1v) is 6.97. The van der Waals surface area contributed by atoms with Crippen molar-refractivity contribution in [2.45, 2.75) is 25.8 Å². The van der Waals surface area contributed by atoms with Crippen LogP contribution in [0.5, 0.6) is 5.75 Å². The molecule has 0 bridgehead atoms. The van der Waals surface area contributed by atoms with Crippen molar-refractivity contribution in [1.82, 2.24) is 4.90 Å². The average Bonchev–Trinajstić information content (AvgIpc) is 2.72. The number of fused-ring (bicyclic) bond motifs is 3. The molecule has 3 rings (SSSR count). The van der Waals surface area contributed by atoms with E-state index in [1.54, 1.807) is 7.11 Å². The molecule has 102 valence electrons. The SMILES string of the molecule is CCN1CCCN2c3ccc(OC)cc3CC2C1=O. The van der Waals surface area contributed by atoms with Crippen molar-refractivity contribution >= 4 is 11.6 Å². The van der Waals surface area contributed by atoms with Crippen molar-refractivity contribution in [2.75, 3.05) is 31.6 Å². The first-order valence-electron chi connectivity index (χ1n) is 6.97. The number of likely N-dealkylation sites (N-methyl/N-ethyl adjacent to an activating group) is 1. The van der Waals surface area contributed by atoms with E-state index in [4.69, 9.17) is 4.74 Å². The lowest BCUT2D eigenvalue weighted by Crippen LogP contribution is -2.44. The van der Waals surface area contributed by atoms with Gasteiger partial charge in [0.1, 0.15) is 11.8 Å². The Kier molecular flexibility index (Phi) is 3.09. The Bertz CT molecular complexity index is 501. The number of benzene rings is 1. The average molecular weight is 260 g/mol. The molecule has 1 unspecified atom stereocenters. The summed E-state index contributed by atoms with van der Waals surface area (Å²) in [4.78, 5) is 16.8. The van der Waals surface area contributed by atoms with Crippen LogP contribution in [-0.2, 0) is 11.2 Å². The minimum atomic E-state index is -0.00967. The van der Waals surface area contributed by atoms with Crippen LogP contribution >= 0.6 is 0 Å². The second-order valence-corrected chi connectivity index (χ2v) is 5.18. The fourth-order valence-electron chi connectivity index (χ4n) is 3.18. The van der Waals surface area contributed by atoms with Gasteiger partial charge in [0.15, 0.2) is 0 Å². The van der Waals surface area contributed by atoms with Gasteiger partial charge in [0, 0.05) is 31.7 Å². The topological polar surface area (TPSA) is 32.8 Å². The molecule has 1 aromatic rings. The van der Waals surface area contributed by atoms with Gasteiger partial charge in [-0.05, 0) is 37.1 Å². The zero-order valence-electron chi connectivity index (χ0n) is 11.6. The molecule has 2 aliphatic heterocycles. The van der Waals surface area contributed by atoms with Crippen LogP contribution in [0.3, 0.4) is 0 Å². The molecule has 1 amide bonds. The summed E-state index contributed by atoms with van der Waals surface area (Å²) in [5, 5.41) is 0. The number of anilines is 1. The summed E-state index contributed by atoms with van der Waals surface area (Å²) in [5.74, 6) is 1.14. The Morgan fingerprint density at radius 2 is 2.21 bits per heavy atom. The van der Waals surface area contributed by atoms with Crippen LogP contribution in [-0.4, -0.2) is 43.6 Å². The van der Waals surface area contributed by atoms with Crippen LogP contribution in [0.25, 0.3) is 0 Å². The van der Waals surface area contributed by atoms with E-state index in [1.807, 2.05) is 11.0 Å². The fraction of sp³-hybridized carbons (Fsp3) is 0.533. The highest BCUT2D eigenvalue weighted by Gasteiger charge is 2.38. The van der Waals surface area contributed by atoms with Gasteiger partial charge >= 0.3 is 0 Å². The molecule has 0 aliphatic carbocycles. The molecule has 0 spiro atoms. The largest absolute Gasteiger partial charge is 0.497 e. The van der Waals surface area contributed by atoms with Gasteiger partial charge in [0.05, 0.1) is 7.11 Å². The predicted molar refractivity (Wildman–Crippen MR) is 74.7 cm³/mol. The lowest BCUT2D eigenvalue weighted by molar-refractivity contribution is -0.131. The van der Waals surface area contributed by atoms with Crippen molar-refractivity contribution in [3.05, 3.63) is 23.8 Å². The summed E-state index contributed by atoms with van der Waals surface area (Å²) in [5.41, 5.74) is 2.44. The number of hydrogen-bond donors (Lipinski definition) is 0. The van der Waals surface area contributed by atoms with Crippen molar-refractivity contribution in [3.8, 4) is 5.75 Å². The zero-order chi connectivity index (χ0) is 13.4. The number of nitrogens with zero attached hydrogens (tertiary/aromatic N) is 2. The van der Waals surface area contributed by atoms with Crippen LogP contribution in [0.4, 0.5) is 5.69 Å². The van der Waals surface area contributed by atoms with Crippen LogP contribution in [0.15, 0.2) is 18.2 Å². The lowest BCUT2D eigenvalue weighted by Gasteiger charge is -2.25. The number of carbonyl (C=O) groups is 1. The van der Waals surface area contributed by atoms with E-state index in [9.17, 15) is 4.79 Å². The molecule has 4 heteroatoms. The molecule has 2 aliphatic rings. The van der Waals surface area contributed by atoms with Crippen LogP contribution < -0.4 is 9.64 Å². The minimum Gasteiger partial charge on any atom is -0.497 e. The molecule has 1 fully saturated rings. The molecule has 1 atom stereocenters. The third-order valence-electron chi connectivity index (χ3n) is 4.19. The Morgan fingerprint density at radius 1 is 1.37 bits per heavy atom. The third kappa shape index (κ3) is 1.95. The van der Waals surface area contributed by atoms with Gasteiger partial charge < -0.3 is 14.5 Å². The van der Waals surface area contributed by atoms with E-state index in [0.29, 0.717) is 0 Å². The molecule has 4 nitrogen and oxygen atoms in total. The number of rotatable bonds is 2. The highest BCUT2D eigenvalue weighted by molar-refractivity contribution is 5.89. The molecular weight excluding hydrogens is 240 g/mol. The summed E-state index contributed by atoms with van der Waals surface area (Å²) in [6.45, 7) is 4.71. The smallest absolute Gasteiger partial charge is 0.245 e. The number of carbonyl (C=O) groups excluding carboxylic acids is 1. The summed E-state index contributed by atoms with van der Waals surface area (Å²) in [6.07, 6.45) is 1.85. The van der Waals surface area contributed by atoms with Crippen LogP contribution in [0, 0.1) is 0 Å². The molecule has 0 saturated carbocycles. The van der Waals surface area contributed by atoms with Gasteiger partial charge in [-0.3, -0.25) is 4.79 Å². The first-order chi connectivity index (χ1) is 9.24. The normalized spacial score (nSPS) is 22.0. The highest BCUT2D eigenvalue weighted by atomic mass is 16.5. The quantitative estimate of drug-likeness (QED) is 0.811. The second-order valence-electron chi connectivity index (χ2n) is 5.18. The Labute approximate surface area is 113 Å². The molecule has 19 heavy (non-hydrogen) atoms.